The van der Waals surface area contributed by atoms with Crippen molar-refractivity contribution in [3.8, 4) is 0 Å². The molecule has 2 rings (SSSR count). The van der Waals surface area contributed by atoms with E-state index in [0.29, 0.717) is 6.42 Å². The fraction of sp³-hybridized carbons (Fsp3) is 0.471. The summed E-state index contributed by atoms with van der Waals surface area (Å²) in [6, 6.07) is 7.33. The smallest absolute Gasteiger partial charge is 0.227 e. The van der Waals surface area contributed by atoms with Crippen LogP contribution in [-0.2, 0) is 9.59 Å². The first-order valence-corrected chi connectivity index (χ1v) is 8.51. The van der Waals surface area contributed by atoms with Gasteiger partial charge in [0, 0.05) is 23.7 Å². The van der Waals surface area contributed by atoms with Crippen LogP contribution in [0.4, 0.5) is 11.4 Å². The van der Waals surface area contributed by atoms with E-state index >= 15 is 0 Å². The van der Waals surface area contributed by atoms with Crippen LogP contribution in [0.15, 0.2) is 24.3 Å². The van der Waals surface area contributed by atoms with Gasteiger partial charge in [-0.3, -0.25) is 9.59 Å². The molecule has 1 fully saturated rings. The van der Waals surface area contributed by atoms with Crippen molar-refractivity contribution < 1.29 is 9.59 Å². The molecule has 1 aromatic rings. The lowest BCUT2D eigenvalue weighted by molar-refractivity contribution is -0.121. The zero-order chi connectivity index (χ0) is 16.7. The monoisotopic (exact) mass is 333 g/mol. The molecule has 0 saturated heterocycles. The van der Waals surface area contributed by atoms with Crippen molar-refractivity contribution in [1.82, 2.24) is 5.32 Å². The van der Waals surface area contributed by atoms with Crippen LogP contribution in [0.25, 0.3) is 0 Å². The predicted molar refractivity (Wildman–Crippen MR) is 96.3 cm³/mol. The van der Waals surface area contributed by atoms with Crippen LogP contribution in [0.2, 0.25) is 0 Å². The molecule has 6 heteroatoms. The number of carbonyl (C=O) groups is 2. The Kier molecular flexibility index (Phi) is 6.52. The van der Waals surface area contributed by atoms with Crippen LogP contribution in [0.3, 0.4) is 0 Å². The van der Waals surface area contributed by atoms with E-state index in [4.69, 9.17) is 12.2 Å². The molecule has 0 spiro atoms. The molecule has 5 nitrogen and oxygen atoms in total. The van der Waals surface area contributed by atoms with E-state index in [9.17, 15) is 9.59 Å². The van der Waals surface area contributed by atoms with E-state index in [0.717, 1.165) is 37.1 Å². The first-order chi connectivity index (χ1) is 11.1. The van der Waals surface area contributed by atoms with E-state index in [1.54, 1.807) is 6.92 Å². The molecule has 3 N–H and O–H groups in total. The highest BCUT2D eigenvalue weighted by Crippen LogP contribution is 2.25. The van der Waals surface area contributed by atoms with Crippen LogP contribution >= 0.6 is 12.2 Å². The molecule has 0 heterocycles. The van der Waals surface area contributed by atoms with Gasteiger partial charge in [-0.25, -0.2) is 0 Å². The number of hydrogen-bond donors (Lipinski definition) is 3. The topological polar surface area (TPSA) is 70.2 Å². The van der Waals surface area contributed by atoms with Gasteiger partial charge >= 0.3 is 0 Å². The second kappa shape index (κ2) is 8.62. The average molecular weight is 333 g/mol. The Morgan fingerprint density at radius 2 is 1.78 bits per heavy atom. The van der Waals surface area contributed by atoms with Crippen LogP contribution < -0.4 is 16.0 Å². The molecule has 2 amide bonds. The fourth-order valence-electron chi connectivity index (χ4n) is 2.66. The molecule has 0 atom stereocenters. The number of amides is 2. The van der Waals surface area contributed by atoms with Gasteiger partial charge in [0.05, 0.1) is 0 Å². The van der Waals surface area contributed by atoms with Gasteiger partial charge in [0.15, 0.2) is 5.11 Å². The van der Waals surface area contributed by atoms with Crippen molar-refractivity contribution in [2.24, 2.45) is 5.92 Å². The number of hydrogen-bond acceptors (Lipinski definition) is 3. The highest BCUT2D eigenvalue weighted by Gasteiger charge is 2.21. The Balaban J connectivity index is 1.92. The van der Waals surface area contributed by atoms with Gasteiger partial charge in [-0.05, 0) is 43.3 Å². The molecular weight excluding hydrogens is 310 g/mol. The van der Waals surface area contributed by atoms with Gasteiger partial charge in [0.1, 0.15) is 0 Å². The maximum atomic E-state index is 12.3. The van der Waals surface area contributed by atoms with Gasteiger partial charge in [0.25, 0.3) is 0 Å². The second-order valence-corrected chi connectivity index (χ2v) is 6.17. The molecular formula is C17H23N3O2S. The minimum absolute atomic E-state index is 0.0868. The third-order valence-electron chi connectivity index (χ3n) is 3.94. The number of carbonyl (C=O) groups excluding carboxylic acids is 2. The molecule has 1 aromatic carbocycles. The van der Waals surface area contributed by atoms with Crippen molar-refractivity contribution in [2.45, 2.75) is 45.4 Å². The highest BCUT2D eigenvalue weighted by atomic mass is 32.1. The number of nitrogens with one attached hydrogen (secondary N) is 3. The lowest BCUT2D eigenvalue weighted by Gasteiger charge is -2.21. The quantitative estimate of drug-likeness (QED) is 0.738. The SMILES string of the molecule is CCC(=O)NC(=S)Nc1cccc(NC(=O)C2CCCCC2)c1. The molecule has 1 aliphatic carbocycles. The van der Waals surface area contributed by atoms with E-state index in [1.165, 1.54) is 6.42 Å². The molecule has 124 valence electrons. The van der Waals surface area contributed by atoms with Crippen LogP contribution in [-0.4, -0.2) is 16.9 Å². The van der Waals surface area contributed by atoms with Crippen molar-refractivity contribution in [3.63, 3.8) is 0 Å². The number of anilines is 2. The summed E-state index contributed by atoms with van der Waals surface area (Å²) in [5, 5.41) is 8.76. The zero-order valence-electron chi connectivity index (χ0n) is 13.4. The van der Waals surface area contributed by atoms with Crippen molar-refractivity contribution in [3.05, 3.63) is 24.3 Å². The summed E-state index contributed by atoms with van der Waals surface area (Å²) in [4.78, 5) is 23.6. The Morgan fingerprint density at radius 1 is 1.13 bits per heavy atom. The van der Waals surface area contributed by atoms with Crippen LogP contribution in [0.1, 0.15) is 45.4 Å². The van der Waals surface area contributed by atoms with E-state index in [2.05, 4.69) is 16.0 Å². The predicted octanol–water partition coefficient (Wildman–Crippen LogP) is 3.43. The standard InChI is InChI=1S/C17H23N3O2S/c1-2-15(21)20-17(23)19-14-10-6-9-13(11-14)18-16(22)12-7-4-3-5-8-12/h6,9-12H,2-5,7-8H2,1H3,(H,18,22)(H2,19,20,21,23). The van der Waals surface area contributed by atoms with Gasteiger partial charge in [-0.2, -0.15) is 0 Å². The molecule has 0 aromatic heterocycles. The normalized spacial score (nSPS) is 14.8. The minimum Gasteiger partial charge on any atom is -0.332 e. The van der Waals surface area contributed by atoms with Gasteiger partial charge in [-0.15, -0.1) is 0 Å². The van der Waals surface area contributed by atoms with Gasteiger partial charge in [-0.1, -0.05) is 32.3 Å². The summed E-state index contributed by atoms with van der Waals surface area (Å²) in [6.07, 6.45) is 5.80. The molecule has 0 unspecified atom stereocenters. The second-order valence-electron chi connectivity index (χ2n) is 5.76. The van der Waals surface area contributed by atoms with Gasteiger partial charge < -0.3 is 16.0 Å². The first-order valence-electron chi connectivity index (χ1n) is 8.10. The molecule has 0 bridgehead atoms. The third kappa shape index (κ3) is 5.63. The summed E-state index contributed by atoms with van der Waals surface area (Å²) >= 11 is 5.08. The Hall–Kier alpha value is -1.95. The number of benzene rings is 1. The first kappa shape index (κ1) is 17.4. The lowest BCUT2D eigenvalue weighted by Crippen LogP contribution is -2.33. The molecule has 23 heavy (non-hydrogen) atoms. The number of rotatable bonds is 4. The molecule has 1 aliphatic rings. The van der Waals surface area contributed by atoms with E-state index in [1.807, 2.05) is 24.3 Å². The Morgan fingerprint density at radius 3 is 2.43 bits per heavy atom. The zero-order valence-corrected chi connectivity index (χ0v) is 14.2. The summed E-state index contributed by atoms with van der Waals surface area (Å²) in [6.45, 7) is 1.76. The molecule has 0 radical (unpaired) electrons. The minimum atomic E-state index is -0.135. The maximum absolute atomic E-state index is 12.3. The fourth-order valence-corrected chi connectivity index (χ4v) is 2.89. The van der Waals surface area contributed by atoms with Crippen LogP contribution in [0.5, 0.6) is 0 Å². The Labute approximate surface area is 142 Å². The summed E-state index contributed by atoms with van der Waals surface area (Å²) in [7, 11) is 0. The molecule has 0 aliphatic heterocycles. The van der Waals surface area contributed by atoms with E-state index < -0.39 is 0 Å². The Bertz CT molecular complexity index is 583. The van der Waals surface area contributed by atoms with Crippen molar-refractivity contribution in [1.29, 1.82) is 0 Å². The highest BCUT2D eigenvalue weighted by molar-refractivity contribution is 7.80. The van der Waals surface area contributed by atoms with Gasteiger partial charge in [0.2, 0.25) is 11.8 Å². The average Bonchev–Trinajstić information content (AvgIpc) is 2.55. The van der Waals surface area contributed by atoms with Crippen molar-refractivity contribution in [2.75, 3.05) is 10.6 Å². The van der Waals surface area contributed by atoms with Crippen molar-refractivity contribution >= 4 is 40.5 Å². The third-order valence-corrected chi connectivity index (χ3v) is 4.14. The summed E-state index contributed by atoms with van der Waals surface area (Å²) in [5.41, 5.74) is 1.46. The maximum Gasteiger partial charge on any atom is 0.227 e. The summed E-state index contributed by atoms with van der Waals surface area (Å²) in [5.74, 6) is 0.0678. The molecule has 1 saturated carbocycles. The lowest BCUT2D eigenvalue weighted by atomic mass is 9.88. The largest absolute Gasteiger partial charge is 0.332 e. The number of thiocarbonyl (C=S) groups is 1. The summed E-state index contributed by atoms with van der Waals surface area (Å²) < 4.78 is 0. The van der Waals surface area contributed by atoms with Crippen LogP contribution in [0, 0.1) is 5.92 Å². The van der Waals surface area contributed by atoms with E-state index in [-0.39, 0.29) is 22.8 Å².